The van der Waals surface area contributed by atoms with Crippen molar-refractivity contribution in [3.8, 4) is 0 Å². The molecule has 0 fully saturated rings. The Balaban J connectivity index is 2.55. The Bertz CT molecular complexity index is 566. The molecule has 0 saturated heterocycles. The van der Waals surface area contributed by atoms with Gasteiger partial charge in [0.15, 0.2) is 0 Å². The third-order valence-electron chi connectivity index (χ3n) is 2.90. The van der Waals surface area contributed by atoms with Crippen molar-refractivity contribution >= 4 is 40.6 Å². The van der Waals surface area contributed by atoms with Crippen LogP contribution in [0.3, 0.4) is 0 Å². The van der Waals surface area contributed by atoms with Crippen molar-refractivity contribution in [2.45, 2.75) is 13.3 Å². The highest BCUT2D eigenvalue weighted by Crippen LogP contribution is 2.40. The second-order valence-corrected chi connectivity index (χ2v) is 4.89. The van der Waals surface area contributed by atoms with Gasteiger partial charge in [0.25, 0.3) is 11.7 Å². The van der Waals surface area contributed by atoms with Crippen LogP contribution in [-0.4, -0.2) is 18.2 Å². The number of fused-ring (bicyclic) bond motifs is 1. The SMILES string of the molecule is C=C(CC)CN1C(=O)C(=O)c2c(Cl)ccc(Cl)c21. The molecule has 0 aromatic heterocycles. The topological polar surface area (TPSA) is 37.4 Å². The summed E-state index contributed by atoms with van der Waals surface area (Å²) in [4.78, 5) is 25.2. The van der Waals surface area contributed by atoms with Crippen molar-refractivity contribution in [1.82, 2.24) is 0 Å². The summed E-state index contributed by atoms with van der Waals surface area (Å²) in [6.07, 6.45) is 0.728. The van der Waals surface area contributed by atoms with Gasteiger partial charge in [-0.05, 0) is 18.6 Å². The van der Waals surface area contributed by atoms with Crippen molar-refractivity contribution in [2.75, 3.05) is 11.4 Å². The van der Waals surface area contributed by atoms with Gasteiger partial charge in [0.05, 0.1) is 21.3 Å². The number of benzene rings is 1. The van der Waals surface area contributed by atoms with E-state index < -0.39 is 11.7 Å². The predicted molar refractivity (Wildman–Crippen MR) is 72.6 cm³/mol. The van der Waals surface area contributed by atoms with E-state index in [9.17, 15) is 9.59 Å². The number of amides is 1. The maximum absolute atomic E-state index is 11.9. The highest BCUT2D eigenvalue weighted by molar-refractivity contribution is 6.57. The third kappa shape index (κ3) is 1.93. The number of hydrogen-bond acceptors (Lipinski definition) is 2. The van der Waals surface area contributed by atoms with Crippen LogP contribution in [0.2, 0.25) is 10.0 Å². The standard InChI is InChI=1S/C13H11Cl2NO2/c1-3-7(2)6-16-11-9(15)5-4-8(14)10(11)12(17)13(16)18/h4-5H,2-3,6H2,1H3. The Hall–Kier alpha value is -1.32. The quantitative estimate of drug-likeness (QED) is 0.629. The molecule has 0 radical (unpaired) electrons. The van der Waals surface area contributed by atoms with Crippen molar-refractivity contribution in [2.24, 2.45) is 0 Å². The van der Waals surface area contributed by atoms with Crippen LogP contribution >= 0.6 is 23.2 Å². The molecule has 1 heterocycles. The fourth-order valence-electron chi connectivity index (χ4n) is 1.84. The molecule has 0 saturated carbocycles. The summed E-state index contributed by atoms with van der Waals surface area (Å²) in [6.45, 7) is 6.06. The molecule has 2 rings (SSSR count). The van der Waals surface area contributed by atoms with Crippen LogP contribution in [0.4, 0.5) is 5.69 Å². The lowest BCUT2D eigenvalue weighted by molar-refractivity contribution is -0.114. The van der Waals surface area contributed by atoms with Gasteiger partial charge in [-0.3, -0.25) is 14.5 Å². The third-order valence-corrected chi connectivity index (χ3v) is 3.52. The first-order chi connectivity index (χ1) is 8.47. The van der Waals surface area contributed by atoms with Crippen molar-refractivity contribution < 1.29 is 9.59 Å². The lowest BCUT2D eigenvalue weighted by Crippen LogP contribution is -2.31. The number of hydrogen-bond donors (Lipinski definition) is 0. The van der Waals surface area contributed by atoms with Gasteiger partial charge in [-0.2, -0.15) is 0 Å². The molecular formula is C13H11Cl2NO2. The molecule has 0 aliphatic carbocycles. The van der Waals surface area contributed by atoms with Crippen LogP contribution in [-0.2, 0) is 4.79 Å². The highest BCUT2D eigenvalue weighted by atomic mass is 35.5. The minimum atomic E-state index is -0.610. The van der Waals surface area contributed by atoms with Crippen LogP contribution in [0.15, 0.2) is 24.3 Å². The number of anilines is 1. The fraction of sp³-hybridized carbons (Fsp3) is 0.231. The zero-order valence-corrected chi connectivity index (χ0v) is 11.3. The second-order valence-electron chi connectivity index (χ2n) is 4.08. The molecule has 0 bridgehead atoms. The number of halogens is 2. The maximum Gasteiger partial charge on any atom is 0.299 e. The fourth-order valence-corrected chi connectivity index (χ4v) is 2.34. The summed E-state index contributed by atoms with van der Waals surface area (Å²) in [5, 5.41) is 0.592. The molecule has 0 atom stereocenters. The number of Topliss-reactive ketones (excluding diaryl/α,β-unsaturated/α-hetero) is 1. The molecule has 0 spiro atoms. The Labute approximate surface area is 115 Å². The van der Waals surface area contributed by atoms with Gasteiger partial charge in [0, 0.05) is 6.54 Å². The number of nitrogens with zero attached hydrogens (tertiary/aromatic N) is 1. The van der Waals surface area contributed by atoms with E-state index >= 15 is 0 Å². The first-order valence-electron chi connectivity index (χ1n) is 5.48. The summed E-state index contributed by atoms with van der Waals surface area (Å²) in [5.41, 5.74) is 1.44. The summed E-state index contributed by atoms with van der Waals surface area (Å²) in [5.74, 6) is -1.21. The van der Waals surface area contributed by atoms with Crippen LogP contribution < -0.4 is 4.90 Å². The summed E-state index contributed by atoms with van der Waals surface area (Å²) in [7, 11) is 0. The zero-order chi connectivity index (χ0) is 13.4. The highest BCUT2D eigenvalue weighted by Gasteiger charge is 2.39. The Kier molecular flexibility index (Phi) is 3.46. The van der Waals surface area contributed by atoms with E-state index in [0.717, 1.165) is 12.0 Å². The van der Waals surface area contributed by atoms with Gasteiger partial charge in [-0.25, -0.2) is 0 Å². The summed E-state index contributed by atoms with van der Waals surface area (Å²) in [6, 6.07) is 3.10. The number of rotatable bonds is 3. The minimum absolute atomic E-state index is 0.193. The van der Waals surface area contributed by atoms with E-state index in [1.54, 1.807) is 6.07 Å². The van der Waals surface area contributed by atoms with Gasteiger partial charge < -0.3 is 0 Å². The zero-order valence-electron chi connectivity index (χ0n) is 9.80. The Morgan fingerprint density at radius 2 is 1.89 bits per heavy atom. The number of ketones is 1. The normalized spacial score (nSPS) is 14.1. The molecule has 1 amide bonds. The summed E-state index contributed by atoms with van der Waals surface area (Å²) < 4.78 is 0. The average Bonchev–Trinajstić information content (AvgIpc) is 2.60. The molecule has 94 valence electrons. The largest absolute Gasteiger partial charge is 0.299 e. The van der Waals surface area contributed by atoms with Gasteiger partial charge in [-0.15, -0.1) is 0 Å². The lowest BCUT2D eigenvalue weighted by Gasteiger charge is -2.18. The van der Waals surface area contributed by atoms with Gasteiger partial charge in [0.1, 0.15) is 0 Å². The van der Waals surface area contributed by atoms with E-state index in [1.807, 2.05) is 6.92 Å². The van der Waals surface area contributed by atoms with E-state index in [-0.39, 0.29) is 17.1 Å². The molecular weight excluding hydrogens is 273 g/mol. The number of carbonyl (C=O) groups is 2. The average molecular weight is 284 g/mol. The predicted octanol–water partition coefficient (Wildman–Crippen LogP) is 3.49. The molecule has 1 aliphatic rings. The molecule has 18 heavy (non-hydrogen) atoms. The molecule has 1 aromatic rings. The Morgan fingerprint density at radius 1 is 1.28 bits per heavy atom. The molecule has 1 aliphatic heterocycles. The Morgan fingerprint density at radius 3 is 2.50 bits per heavy atom. The van der Waals surface area contributed by atoms with Gasteiger partial charge in [-0.1, -0.05) is 42.3 Å². The second kappa shape index (κ2) is 4.75. The first-order valence-corrected chi connectivity index (χ1v) is 6.23. The van der Waals surface area contributed by atoms with Crippen LogP contribution in [0.5, 0.6) is 0 Å². The maximum atomic E-state index is 11.9. The van der Waals surface area contributed by atoms with Crippen molar-refractivity contribution in [1.29, 1.82) is 0 Å². The summed E-state index contributed by atoms with van der Waals surface area (Å²) >= 11 is 12.0. The van der Waals surface area contributed by atoms with E-state index in [1.165, 1.54) is 11.0 Å². The smallest absolute Gasteiger partial charge is 0.299 e. The van der Waals surface area contributed by atoms with E-state index in [2.05, 4.69) is 6.58 Å². The van der Waals surface area contributed by atoms with Crippen molar-refractivity contribution in [3.05, 3.63) is 39.9 Å². The van der Waals surface area contributed by atoms with Crippen LogP contribution in [0.1, 0.15) is 23.7 Å². The monoisotopic (exact) mass is 283 g/mol. The van der Waals surface area contributed by atoms with Crippen LogP contribution in [0, 0.1) is 0 Å². The minimum Gasteiger partial charge on any atom is -0.299 e. The van der Waals surface area contributed by atoms with Crippen LogP contribution in [0.25, 0.3) is 0 Å². The lowest BCUT2D eigenvalue weighted by atomic mass is 10.1. The molecule has 0 N–H and O–H groups in total. The van der Waals surface area contributed by atoms with E-state index in [4.69, 9.17) is 23.2 Å². The van der Waals surface area contributed by atoms with Gasteiger partial charge >= 0.3 is 0 Å². The van der Waals surface area contributed by atoms with Gasteiger partial charge in [0.2, 0.25) is 0 Å². The molecule has 3 nitrogen and oxygen atoms in total. The molecule has 0 unspecified atom stereocenters. The first kappa shape index (κ1) is 13.1. The molecule has 5 heteroatoms. The van der Waals surface area contributed by atoms with Crippen molar-refractivity contribution in [3.63, 3.8) is 0 Å². The molecule has 1 aromatic carbocycles. The van der Waals surface area contributed by atoms with E-state index in [0.29, 0.717) is 10.7 Å². The number of carbonyl (C=O) groups excluding carboxylic acids is 2.